The summed E-state index contributed by atoms with van der Waals surface area (Å²) in [5, 5.41) is 0.0993. The number of hydrogen-bond donors (Lipinski definition) is 0. The molecule has 0 amide bonds. The molecule has 0 aliphatic heterocycles. The molecule has 0 heterocycles. The maximum atomic E-state index is 11.9. The summed E-state index contributed by atoms with van der Waals surface area (Å²) in [7, 11) is -0.539. The fraction of sp³-hybridized carbons (Fsp3) is 0.875. The van der Waals surface area contributed by atoms with Crippen molar-refractivity contribution in [2.24, 2.45) is 5.92 Å². The van der Waals surface area contributed by atoms with Gasteiger partial charge in [0.05, 0.1) is 13.0 Å². The Morgan fingerprint density at radius 3 is 2.05 bits per heavy atom. The molecule has 0 aromatic carbocycles. The zero-order valence-corrected chi connectivity index (χ0v) is 15.9. The summed E-state index contributed by atoms with van der Waals surface area (Å²) in [6, 6.07) is 0. The second-order valence-electron chi connectivity index (χ2n) is 7.66. The van der Waals surface area contributed by atoms with E-state index in [1.165, 1.54) is 14.0 Å². The van der Waals surface area contributed by atoms with Crippen LogP contribution < -0.4 is 0 Å². The van der Waals surface area contributed by atoms with Gasteiger partial charge < -0.3 is 13.9 Å². The first kappa shape index (κ1) is 19.2. The van der Waals surface area contributed by atoms with Crippen molar-refractivity contribution >= 4 is 20.3 Å². The third kappa shape index (κ3) is 5.09. The standard InChI is InChI=1S/C16H30O5Si/c1-11(17)20-13-8-12(15(18)19-5)9-14(10-13)21-22(6,7)16(2,3)4/h12-14H,8-10H2,1-7H3/t12-,13+,14-/m1/s1. The molecule has 0 N–H and O–H groups in total. The van der Waals surface area contributed by atoms with Crippen LogP contribution in [0.2, 0.25) is 18.1 Å². The minimum absolute atomic E-state index is 0.0666. The molecule has 0 aromatic heterocycles. The zero-order chi connectivity index (χ0) is 17.1. The lowest BCUT2D eigenvalue weighted by atomic mass is 9.85. The molecule has 1 aliphatic rings. The van der Waals surface area contributed by atoms with E-state index < -0.39 is 8.32 Å². The number of rotatable bonds is 4. The van der Waals surface area contributed by atoms with E-state index in [4.69, 9.17) is 13.9 Å². The lowest BCUT2D eigenvalue weighted by Crippen LogP contribution is -2.47. The van der Waals surface area contributed by atoms with Gasteiger partial charge in [0.15, 0.2) is 8.32 Å². The zero-order valence-electron chi connectivity index (χ0n) is 14.9. The molecule has 1 fully saturated rings. The van der Waals surface area contributed by atoms with E-state index in [0.29, 0.717) is 19.3 Å². The molecule has 1 saturated carbocycles. The molecule has 6 heteroatoms. The minimum Gasteiger partial charge on any atom is -0.469 e. The maximum Gasteiger partial charge on any atom is 0.308 e. The first-order valence-corrected chi connectivity index (χ1v) is 10.8. The Balaban J connectivity index is 2.84. The van der Waals surface area contributed by atoms with Gasteiger partial charge in [0.2, 0.25) is 0 Å². The minimum atomic E-state index is -1.93. The summed E-state index contributed by atoms with van der Waals surface area (Å²) in [6.07, 6.45) is 1.47. The Bertz CT molecular complexity index is 413. The number of esters is 2. The Hall–Kier alpha value is -0.883. The second kappa shape index (κ2) is 7.13. The van der Waals surface area contributed by atoms with Gasteiger partial charge in [-0.05, 0) is 31.0 Å². The van der Waals surface area contributed by atoms with E-state index >= 15 is 0 Å². The van der Waals surface area contributed by atoms with Crippen molar-refractivity contribution in [3.8, 4) is 0 Å². The summed E-state index contributed by atoms with van der Waals surface area (Å²) in [4.78, 5) is 23.1. The molecule has 0 saturated heterocycles. The number of ether oxygens (including phenoxy) is 2. The van der Waals surface area contributed by atoms with E-state index in [9.17, 15) is 9.59 Å². The summed E-state index contributed by atoms with van der Waals surface area (Å²) in [6.45, 7) is 12.3. The molecule has 0 unspecified atom stereocenters. The van der Waals surface area contributed by atoms with Gasteiger partial charge in [0, 0.05) is 19.4 Å². The van der Waals surface area contributed by atoms with Gasteiger partial charge in [-0.1, -0.05) is 20.8 Å². The Kier molecular flexibility index (Phi) is 6.21. The van der Waals surface area contributed by atoms with Crippen molar-refractivity contribution in [3.63, 3.8) is 0 Å². The summed E-state index contributed by atoms with van der Waals surface area (Å²) >= 11 is 0. The molecule has 1 rings (SSSR count). The van der Waals surface area contributed by atoms with Gasteiger partial charge in [-0.3, -0.25) is 9.59 Å². The van der Waals surface area contributed by atoms with Crippen LogP contribution in [0.25, 0.3) is 0 Å². The van der Waals surface area contributed by atoms with Crippen molar-refractivity contribution in [3.05, 3.63) is 0 Å². The summed E-state index contributed by atoms with van der Waals surface area (Å²) < 4.78 is 16.6. The van der Waals surface area contributed by atoms with Crippen LogP contribution >= 0.6 is 0 Å². The lowest BCUT2D eigenvalue weighted by Gasteiger charge is -2.42. The Labute approximate surface area is 134 Å². The molecule has 0 radical (unpaired) electrons. The van der Waals surface area contributed by atoms with Gasteiger partial charge >= 0.3 is 11.9 Å². The van der Waals surface area contributed by atoms with Crippen LogP contribution in [0.4, 0.5) is 0 Å². The largest absolute Gasteiger partial charge is 0.469 e. The predicted molar refractivity (Wildman–Crippen MR) is 87.0 cm³/mol. The predicted octanol–water partition coefficient (Wildman–Crippen LogP) is 3.28. The first-order chi connectivity index (χ1) is 9.96. The molecule has 0 bridgehead atoms. The molecular weight excluding hydrogens is 300 g/mol. The van der Waals surface area contributed by atoms with E-state index in [1.807, 2.05) is 0 Å². The van der Waals surface area contributed by atoms with Crippen LogP contribution in [0.5, 0.6) is 0 Å². The van der Waals surface area contributed by atoms with Crippen molar-refractivity contribution in [1.82, 2.24) is 0 Å². The van der Waals surface area contributed by atoms with Gasteiger partial charge in [-0.15, -0.1) is 0 Å². The third-order valence-electron chi connectivity index (χ3n) is 4.76. The summed E-state index contributed by atoms with van der Waals surface area (Å²) in [5.74, 6) is -0.833. The number of methoxy groups -OCH3 is 1. The number of carbonyl (C=O) groups is 2. The van der Waals surface area contributed by atoms with Crippen LogP contribution in [0.1, 0.15) is 47.0 Å². The molecule has 0 aromatic rings. The normalized spacial score (nSPS) is 26.4. The topological polar surface area (TPSA) is 61.8 Å². The molecule has 0 spiro atoms. The average Bonchev–Trinajstić information content (AvgIpc) is 2.34. The van der Waals surface area contributed by atoms with Crippen molar-refractivity contribution in [2.45, 2.75) is 77.3 Å². The van der Waals surface area contributed by atoms with Crippen molar-refractivity contribution < 1.29 is 23.5 Å². The molecule has 1 aliphatic carbocycles. The van der Waals surface area contributed by atoms with Gasteiger partial charge in [0.25, 0.3) is 0 Å². The highest BCUT2D eigenvalue weighted by molar-refractivity contribution is 6.74. The van der Waals surface area contributed by atoms with Gasteiger partial charge in [-0.2, -0.15) is 0 Å². The Morgan fingerprint density at radius 1 is 1.05 bits per heavy atom. The smallest absolute Gasteiger partial charge is 0.308 e. The summed E-state index contributed by atoms with van der Waals surface area (Å²) in [5.41, 5.74) is 0. The average molecular weight is 330 g/mol. The van der Waals surface area contributed by atoms with Crippen LogP contribution in [0, 0.1) is 5.92 Å². The van der Waals surface area contributed by atoms with Crippen LogP contribution in [-0.4, -0.2) is 39.6 Å². The molecule has 128 valence electrons. The van der Waals surface area contributed by atoms with Crippen LogP contribution in [-0.2, 0) is 23.5 Å². The number of hydrogen-bond acceptors (Lipinski definition) is 5. The van der Waals surface area contributed by atoms with Crippen molar-refractivity contribution in [2.75, 3.05) is 7.11 Å². The molecule has 5 nitrogen and oxygen atoms in total. The molecule has 3 atom stereocenters. The van der Waals surface area contributed by atoms with E-state index in [2.05, 4.69) is 33.9 Å². The first-order valence-electron chi connectivity index (χ1n) is 7.89. The molecular formula is C16H30O5Si. The third-order valence-corrected chi connectivity index (χ3v) is 9.29. The fourth-order valence-electron chi connectivity index (χ4n) is 2.60. The lowest BCUT2D eigenvalue weighted by molar-refractivity contribution is -0.158. The van der Waals surface area contributed by atoms with E-state index in [-0.39, 0.29) is 35.1 Å². The highest BCUT2D eigenvalue weighted by Crippen LogP contribution is 2.40. The highest BCUT2D eigenvalue weighted by Gasteiger charge is 2.43. The highest BCUT2D eigenvalue weighted by atomic mass is 28.4. The van der Waals surface area contributed by atoms with Gasteiger partial charge in [-0.25, -0.2) is 0 Å². The van der Waals surface area contributed by atoms with Crippen molar-refractivity contribution in [1.29, 1.82) is 0 Å². The van der Waals surface area contributed by atoms with E-state index in [1.54, 1.807) is 0 Å². The second-order valence-corrected chi connectivity index (χ2v) is 12.4. The monoisotopic (exact) mass is 330 g/mol. The van der Waals surface area contributed by atoms with E-state index in [0.717, 1.165) is 0 Å². The number of carbonyl (C=O) groups excluding carboxylic acids is 2. The fourth-order valence-corrected chi connectivity index (χ4v) is 3.98. The molecule has 22 heavy (non-hydrogen) atoms. The SMILES string of the molecule is COC(=O)[C@@H]1C[C@H](OC(C)=O)C[C@H](O[Si](C)(C)C(C)(C)C)C1. The van der Waals surface area contributed by atoms with Gasteiger partial charge in [0.1, 0.15) is 6.10 Å². The maximum absolute atomic E-state index is 11.9. The van der Waals surface area contributed by atoms with Crippen LogP contribution in [0.15, 0.2) is 0 Å². The quantitative estimate of drug-likeness (QED) is 0.585. The van der Waals surface area contributed by atoms with Crippen LogP contribution in [0.3, 0.4) is 0 Å². The Morgan fingerprint density at radius 2 is 1.59 bits per heavy atom.